The van der Waals surface area contributed by atoms with Gasteiger partial charge < -0.3 is 10.6 Å². The van der Waals surface area contributed by atoms with Crippen LogP contribution in [0.15, 0.2) is 22.5 Å². The second-order valence-corrected chi connectivity index (χ2v) is 7.30. The van der Waals surface area contributed by atoms with E-state index in [0.717, 1.165) is 45.7 Å². The Hall–Kier alpha value is -1.60. The number of amides is 1. The van der Waals surface area contributed by atoms with Gasteiger partial charge in [0.2, 0.25) is 11.0 Å². The van der Waals surface area contributed by atoms with Crippen molar-refractivity contribution in [1.82, 2.24) is 10.2 Å². The molecule has 7 heteroatoms. The summed E-state index contributed by atoms with van der Waals surface area (Å²) in [5.41, 5.74) is 3.18. The molecule has 0 aliphatic carbocycles. The summed E-state index contributed by atoms with van der Waals surface area (Å²) in [5.74, 6) is 0.317. The molecule has 0 atom stereocenters. The van der Waals surface area contributed by atoms with Crippen molar-refractivity contribution in [3.63, 3.8) is 0 Å². The molecule has 0 fully saturated rings. The van der Waals surface area contributed by atoms with Gasteiger partial charge >= 0.3 is 0 Å². The van der Waals surface area contributed by atoms with E-state index in [-0.39, 0.29) is 5.91 Å². The van der Waals surface area contributed by atoms with Crippen LogP contribution in [0.4, 0.5) is 10.8 Å². The van der Waals surface area contributed by atoms with E-state index < -0.39 is 0 Å². The van der Waals surface area contributed by atoms with E-state index in [4.69, 9.17) is 0 Å². The van der Waals surface area contributed by atoms with Crippen LogP contribution in [0.3, 0.4) is 0 Å². The van der Waals surface area contributed by atoms with Crippen LogP contribution in [0, 0.1) is 6.92 Å². The van der Waals surface area contributed by atoms with Crippen LogP contribution >= 0.6 is 23.1 Å². The Bertz CT molecular complexity index is 657. The van der Waals surface area contributed by atoms with Crippen LogP contribution in [0.2, 0.25) is 0 Å². The number of nitrogens with zero attached hydrogens (tertiary/aromatic N) is 2. The predicted octanol–water partition coefficient (Wildman–Crippen LogP) is 3.96. The second-order valence-electron chi connectivity index (χ2n) is 5.10. The van der Waals surface area contributed by atoms with Crippen molar-refractivity contribution in [1.29, 1.82) is 0 Å². The summed E-state index contributed by atoms with van der Waals surface area (Å²) in [6, 6.07) is 6.08. The van der Waals surface area contributed by atoms with E-state index in [2.05, 4.69) is 34.7 Å². The van der Waals surface area contributed by atoms with Gasteiger partial charge in [0, 0.05) is 12.2 Å². The maximum Gasteiger partial charge on any atom is 0.234 e. The molecule has 0 unspecified atom stereocenters. The van der Waals surface area contributed by atoms with Gasteiger partial charge in [0.05, 0.1) is 5.75 Å². The zero-order chi connectivity index (χ0) is 16.7. The number of hydrogen-bond donors (Lipinski definition) is 2. The third kappa shape index (κ3) is 5.21. The molecule has 5 nitrogen and oxygen atoms in total. The van der Waals surface area contributed by atoms with Crippen molar-refractivity contribution < 1.29 is 4.79 Å². The topological polar surface area (TPSA) is 66.9 Å². The van der Waals surface area contributed by atoms with E-state index in [9.17, 15) is 4.79 Å². The molecule has 2 N–H and O–H groups in total. The molecule has 1 aromatic heterocycles. The van der Waals surface area contributed by atoms with Gasteiger partial charge in [-0.3, -0.25) is 4.79 Å². The fourth-order valence-corrected chi connectivity index (χ4v) is 3.65. The van der Waals surface area contributed by atoms with Crippen molar-refractivity contribution >= 4 is 39.8 Å². The van der Waals surface area contributed by atoms with E-state index in [1.165, 1.54) is 23.1 Å². The monoisotopic (exact) mass is 350 g/mol. The van der Waals surface area contributed by atoms with Crippen molar-refractivity contribution in [2.75, 3.05) is 22.9 Å². The molecule has 2 aromatic rings. The number of nitrogens with one attached hydrogen (secondary N) is 2. The number of rotatable bonds is 8. The number of benzene rings is 1. The molecule has 1 aromatic carbocycles. The molecular formula is C16H22N4OS2. The lowest BCUT2D eigenvalue weighted by Crippen LogP contribution is -2.16. The molecule has 0 bridgehead atoms. The van der Waals surface area contributed by atoms with Crippen molar-refractivity contribution in [3.8, 4) is 0 Å². The summed E-state index contributed by atoms with van der Waals surface area (Å²) in [5, 5.41) is 15.2. The molecule has 124 valence electrons. The van der Waals surface area contributed by atoms with Crippen LogP contribution in [0.25, 0.3) is 0 Å². The van der Waals surface area contributed by atoms with Gasteiger partial charge in [0.1, 0.15) is 0 Å². The highest BCUT2D eigenvalue weighted by Crippen LogP contribution is 2.26. The van der Waals surface area contributed by atoms with Crippen molar-refractivity contribution in [2.24, 2.45) is 0 Å². The van der Waals surface area contributed by atoms with Gasteiger partial charge in [-0.2, -0.15) is 0 Å². The summed E-state index contributed by atoms with van der Waals surface area (Å²) in [4.78, 5) is 12.2. The highest BCUT2D eigenvalue weighted by molar-refractivity contribution is 8.01. The fraction of sp³-hybridized carbons (Fsp3) is 0.438. The standard InChI is InChI=1S/C16H22N4OS2/c1-4-9-17-15-19-20-16(23-15)22-10-13(21)18-14-11(3)7-6-8-12(14)5-2/h6-8H,4-5,9-10H2,1-3H3,(H,17,19)(H,18,21). The Labute approximate surface area is 145 Å². The lowest BCUT2D eigenvalue weighted by atomic mass is 10.1. The fourth-order valence-electron chi connectivity index (χ4n) is 2.08. The number of carbonyl (C=O) groups is 1. The molecule has 0 aliphatic heterocycles. The van der Waals surface area contributed by atoms with Crippen LogP contribution in [0.1, 0.15) is 31.4 Å². The van der Waals surface area contributed by atoms with Crippen LogP contribution in [0.5, 0.6) is 0 Å². The number of aromatic nitrogens is 2. The Morgan fingerprint density at radius 2 is 2.13 bits per heavy atom. The maximum absolute atomic E-state index is 12.2. The van der Waals surface area contributed by atoms with Gasteiger partial charge in [-0.05, 0) is 30.9 Å². The first-order valence-electron chi connectivity index (χ1n) is 7.72. The molecule has 0 radical (unpaired) electrons. The normalized spacial score (nSPS) is 10.6. The smallest absolute Gasteiger partial charge is 0.234 e. The van der Waals surface area contributed by atoms with Crippen molar-refractivity contribution in [2.45, 2.75) is 38.0 Å². The zero-order valence-electron chi connectivity index (χ0n) is 13.7. The Morgan fingerprint density at radius 3 is 2.87 bits per heavy atom. The third-order valence-electron chi connectivity index (χ3n) is 3.26. The largest absolute Gasteiger partial charge is 0.360 e. The van der Waals surface area contributed by atoms with Crippen LogP contribution in [-0.4, -0.2) is 28.4 Å². The molecule has 0 aliphatic rings. The Balaban J connectivity index is 1.89. The van der Waals surface area contributed by atoms with Crippen LogP contribution < -0.4 is 10.6 Å². The average Bonchev–Trinajstić information content (AvgIpc) is 3.00. The number of thioether (sulfide) groups is 1. The number of anilines is 2. The van der Waals surface area contributed by atoms with Gasteiger partial charge in [-0.25, -0.2) is 0 Å². The highest BCUT2D eigenvalue weighted by Gasteiger charge is 2.11. The Kier molecular flexibility index (Phi) is 6.85. The minimum Gasteiger partial charge on any atom is -0.360 e. The summed E-state index contributed by atoms with van der Waals surface area (Å²) >= 11 is 2.90. The maximum atomic E-state index is 12.2. The summed E-state index contributed by atoms with van der Waals surface area (Å²) in [7, 11) is 0. The minimum atomic E-state index is -0.0164. The molecule has 2 rings (SSSR count). The highest BCUT2D eigenvalue weighted by atomic mass is 32.2. The first kappa shape index (κ1) is 17.7. The summed E-state index contributed by atoms with van der Waals surface area (Å²) < 4.78 is 0.805. The minimum absolute atomic E-state index is 0.0164. The molecule has 0 saturated carbocycles. The quantitative estimate of drug-likeness (QED) is 0.705. The lowest BCUT2D eigenvalue weighted by Gasteiger charge is -2.12. The van der Waals surface area contributed by atoms with E-state index in [1.54, 1.807) is 0 Å². The molecular weight excluding hydrogens is 328 g/mol. The number of para-hydroxylation sites is 1. The predicted molar refractivity (Wildman–Crippen MR) is 98.6 cm³/mol. The average molecular weight is 351 g/mol. The van der Waals surface area contributed by atoms with Gasteiger partial charge in [-0.15, -0.1) is 10.2 Å². The number of carbonyl (C=O) groups excluding carboxylic acids is 1. The van der Waals surface area contributed by atoms with E-state index in [1.807, 2.05) is 25.1 Å². The summed E-state index contributed by atoms with van der Waals surface area (Å²) in [6.07, 6.45) is 1.94. The zero-order valence-corrected chi connectivity index (χ0v) is 15.3. The number of aryl methyl sites for hydroxylation is 2. The first-order chi connectivity index (χ1) is 11.1. The first-order valence-corrected chi connectivity index (χ1v) is 9.52. The Morgan fingerprint density at radius 1 is 1.30 bits per heavy atom. The molecule has 1 amide bonds. The lowest BCUT2D eigenvalue weighted by molar-refractivity contribution is -0.113. The van der Waals surface area contributed by atoms with E-state index in [0.29, 0.717) is 5.75 Å². The van der Waals surface area contributed by atoms with Gasteiger partial charge in [0.25, 0.3) is 0 Å². The van der Waals surface area contributed by atoms with Crippen molar-refractivity contribution in [3.05, 3.63) is 29.3 Å². The van der Waals surface area contributed by atoms with E-state index >= 15 is 0 Å². The number of hydrogen-bond acceptors (Lipinski definition) is 6. The second kappa shape index (κ2) is 8.88. The molecule has 0 spiro atoms. The SMILES string of the molecule is CCCNc1nnc(SCC(=O)Nc2c(C)cccc2CC)s1. The summed E-state index contributed by atoms with van der Waals surface area (Å²) in [6.45, 7) is 7.08. The molecule has 0 saturated heterocycles. The van der Waals surface area contributed by atoms with Crippen LogP contribution in [-0.2, 0) is 11.2 Å². The molecule has 1 heterocycles. The van der Waals surface area contributed by atoms with Gasteiger partial charge in [-0.1, -0.05) is 55.1 Å². The molecule has 23 heavy (non-hydrogen) atoms. The third-order valence-corrected chi connectivity index (χ3v) is 5.28. The van der Waals surface area contributed by atoms with Gasteiger partial charge in [0.15, 0.2) is 4.34 Å².